The molecule has 94 valence electrons. The Balaban J connectivity index is 2.24. The lowest BCUT2D eigenvalue weighted by molar-refractivity contribution is 0.762. The third-order valence-electron chi connectivity index (χ3n) is 3.72. The van der Waals surface area contributed by atoms with Crippen molar-refractivity contribution in [2.45, 2.75) is 32.2 Å². The Morgan fingerprint density at radius 2 is 2.11 bits per heavy atom. The average molecular weight is 243 g/mol. The molecular formula is C14H17N3O. The first-order chi connectivity index (χ1) is 8.50. The molecule has 4 nitrogen and oxygen atoms in total. The topological polar surface area (TPSA) is 46.9 Å². The molecule has 1 fully saturated rings. The van der Waals surface area contributed by atoms with E-state index < -0.39 is 0 Å². The molecule has 1 heterocycles. The van der Waals surface area contributed by atoms with E-state index in [9.17, 15) is 4.79 Å². The molecule has 0 bridgehead atoms. The predicted molar refractivity (Wildman–Crippen MR) is 73.0 cm³/mol. The molecule has 2 aromatic rings. The molecule has 0 radical (unpaired) electrons. The summed E-state index contributed by atoms with van der Waals surface area (Å²) >= 11 is 0. The Kier molecular flexibility index (Phi) is 2.24. The molecule has 0 atom stereocenters. The summed E-state index contributed by atoms with van der Waals surface area (Å²) in [6, 6.07) is 5.72. The minimum absolute atomic E-state index is 0.00968. The van der Waals surface area contributed by atoms with Gasteiger partial charge in [-0.05, 0) is 38.3 Å². The van der Waals surface area contributed by atoms with Gasteiger partial charge >= 0.3 is 0 Å². The molecule has 1 aliphatic carbocycles. The van der Waals surface area contributed by atoms with Crippen LogP contribution in [0, 0.1) is 6.92 Å². The van der Waals surface area contributed by atoms with Gasteiger partial charge in [-0.2, -0.15) is 0 Å². The number of rotatable bonds is 2. The van der Waals surface area contributed by atoms with Crippen LogP contribution in [0.2, 0.25) is 0 Å². The first kappa shape index (κ1) is 11.3. The van der Waals surface area contributed by atoms with Crippen LogP contribution >= 0.6 is 0 Å². The van der Waals surface area contributed by atoms with Crippen molar-refractivity contribution in [1.29, 1.82) is 0 Å². The van der Waals surface area contributed by atoms with Gasteiger partial charge in [0.15, 0.2) is 0 Å². The quantitative estimate of drug-likeness (QED) is 0.879. The number of aryl methyl sites for hydroxylation is 1. The maximum atomic E-state index is 12.3. The molecular weight excluding hydrogens is 226 g/mol. The third kappa shape index (κ3) is 1.68. The Bertz CT molecular complexity index is 683. The van der Waals surface area contributed by atoms with Crippen LogP contribution in [0.1, 0.15) is 25.3 Å². The lowest BCUT2D eigenvalue weighted by Gasteiger charge is -2.16. The van der Waals surface area contributed by atoms with Crippen molar-refractivity contribution in [2.75, 3.05) is 5.32 Å². The number of anilines is 1. The zero-order valence-electron chi connectivity index (χ0n) is 10.9. The van der Waals surface area contributed by atoms with Gasteiger partial charge in [0, 0.05) is 12.6 Å². The van der Waals surface area contributed by atoms with Crippen molar-refractivity contribution >= 4 is 16.9 Å². The number of nitrogens with zero attached hydrogens (tertiary/aromatic N) is 2. The van der Waals surface area contributed by atoms with Gasteiger partial charge in [0.1, 0.15) is 0 Å². The zero-order chi connectivity index (χ0) is 12.9. The van der Waals surface area contributed by atoms with E-state index in [1.165, 1.54) is 0 Å². The summed E-state index contributed by atoms with van der Waals surface area (Å²) in [4.78, 5) is 16.9. The van der Waals surface area contributed by atoms with Crippen molar-refractivity contribution in [3.8, 4) is 0 Å². The van der Waals surface area contributed by atoms with Gasteiger partial charge < -0.3 is 5.32 Å². The highest BCUT2D eigenvalue weighted by Crippen LogP contribution is 2.37. The summed E-state index contributed by atoms with van der Waals surface area (Å²) < 4.78 is 1.60. The Morgan fingerprint density at radius 3 is 2.78 bits per heavy atom. The van der Waals surface area contributed by atoms with Crippen LogP contribution in [-0.4, -0.2) is 15.1 Å². The number of nitrogens with one attached hydrogen (secondary N) is 1. The maximum absolute atomic E-state index is 12.3. The highest BCUT2D eigenvalue weighted by atomic mass is 16.1. The molecule has 3 rings (SSSR count). The van der Waals surface area contributed by atoms with Gasteiger partial charge in [-0.3, -0.25) is 9.36 Å². The maximum Gasteiger partial charge on any atom is 0.262 e. The lowest BCUT2D eigenvalue weighted by Crippen LogP contribution is -2.27. The number of benzene rings is 1. The Hall–Kier alpha value is -1.84. The summed E-state index contributed by atoms with van der Waals surface area (Å²) in [5.41, 5.74) is 1.96. The van der Waals surface area contributed by atoms with E-state index in [4.69, 9.17) is 0 Å². The molecule has 0 spiro atoms. The molecule has 18 heavy (non-hydrogen) atoms. The molecule has 0 unspecified atom stereocenters. The molecule has 4 heteroatoms. The van der Waals surface area contributed by atoms with E-state index >= 15 is 0 Å². The Morgan fingerprint density at radius 1 is 1.39 bits per heavy atom. The van der Waals surface area contributed by atoms with E-state index in [1.54, 1.807) is 11.6 Å². The first-order valence-electron chi connectivity index (χ1n) is 6.25. The first-order valence-corrected chi connectivity index (χ1v) is 6.25. The van der Waals surface area contributed by atoms with E-state index in [2.05, 4.69) is 17.2 Å². The van der Waals surface area contributed by atoms with E-state index in [0.717, 1.165) is 23.9 Å². The largest absolute Gasteiger partial charge is 0.350 e. The summed E-state index contributed by atoms with van der Waals surface area (Å²) in [7, 11) is 1.77. The molecule has 1 aromatic heterocycles. The Labute approximate surface area is 106 Å². The predicted octanol–water partition coefficient (Wildman–Crippen LogP) is 2.21. The number of fused-ring (bicyclic) bond motifs is 1. The molecule has 0 aliphatic heterocycles. The van der Waals surface area contributed by atoms with Gasteiger partial charge in [0.25, 0.3) is 5.56 Å². The van der Waals surface area contributed by atoms with Crippen LogP contribution in [0.5, 0.6) is 0 Å². The van der Waals surface area contributed by atoms with Crippen LogP contribution in [0.15, 0.2) is 23.0 Å². The second-order valence-corrected chi connectivity index (χ2v) is 5.46. The van der Waals surface area contributed by atoms with Crippen molar-refractivity contribution in [2.24, 2.45) is 7.05 Å². The number of para-hydroxylation sites is 1. The highest BCUT2D eigenvalue weighted by molar-refractivity contribution is 5.81. The lowest BCUT2D eigenvalue weighted by atomic mass is 10.1. The molecule has 0 amide bonds. The minimum atomic E-state index is 0.00968. The van der Waals surface area contributed by atoms with Crippen molar-refractivity contribution in [1.82, 2.24) is 9.55 Å². The highest BCUT2D eigenvalue weighted by Gasteiger charge is 2.38. The van der Waals surface area contributed by atoms with E-state index in [1.807, 2.05) is 25.1 Å². The smallest absolute Gasteiger partial charge is 0.262 e. The molecule has 1 aromatic carbocycles. The SMILES string of the molecule is Cc1cccc2c(=O)n(C)c(NC3(C)CC3)nc12. The standard InChI is InChI=1S/C14H17N3O/c1-9-5-4-6-10-11(9)15-13(17(3)12(10)18)16-14(2)7-8-14/h4-6H,7-8H2,1-3H3,(H,15,16). The number of aromatic nitrogens is 2. The van der Waals surface area contributed by atoms with Gasteiger partial charge in [0.05, 0.1) is 10.9 Å². The summed E-state index contributed by atoms with van der Waals surface area (Å²) in [6.07, 6.45) is 2.27. The van der Waals surface area contributed by atoms with Crippen molar-refractivity contribution < 1.29 is 0 Å². The normalized spacial score (nSPS) is 16.8. The van der Waals surface area contributed by atoms with Gasteiger partial charge in [0.2, 0.25) is 5.95 Å². The second-order valence-electron chi connectivity index (χ2n) is 5.46. The fraction of sp³-hybridized carbons (Fsp3) is 0.429. The molecule has 1 N–H and O–H groups in total. The summed E-state index contributed by atoms with van der Waals surface area (Å²) in [6.45, 7) is 4.14. The van der Waals surface area contributed by atoms with Crippen molar-refractivity contribution in [3.05, 3.63) is 34.1 Å². The van der Waals surface area contributed by atoms with Gasteiger partial charge in [-0.15, -0.1) is 0 Å². The van der Waals surface area contributed by atoms with Crippen molar-refractivity contribution in [3.63, 3.8) is 0 Å². The summed E-state index contributed by atoms with van der Waals surface area (Å²) in [5, 5.41) is 4.06. The minimum Gasteiger partial charge on any atom is -0.350 e. The second kappa shape index (κ2) is 3.57. The number of hydrogen-bond acceptors (Lipinski definition) is 3. The fourth-order valence-corrected chi connectivity index (χ4v) is 2.13. The van der Waals surface area contributed by atoms with E-state index in [-0.39, 0.29) is 11.1 Å². The summed E-state index contributed by atoms with van der Waals surface area (Å²) in [5.74, 6) is 0.668. The van der Waals surface area contributed by atoms with E-state index in [0.29, 0.717) is 11.3 Å². The van der Waals surface area contributed by atoms with Crippen LogP contribution < -0.4 is 10.9 Å². The fourth-order valence-electron chi connectivity index (χ4n) is 2.13. The molecule has 1 aliphatic rings. The zero-order valence-corrected chi connectivity index (χ0v) is 10.9. The average Bonchev–Trinajstić information content (AvgIpc) is 3.05. The monoisotopic (exact) mass is 243 g/mol. The number of hydrogen-bond donors (Lipinski definition) is 1. The van der Waals surface area contributed by atoms with Crippen LogP contribution in [-0.2, 0) is 7.05 Å². The molecule has 1 saturated carbocycles. The third-order valence-corrected chi connectivity index (χ3v) is 3.72. The van der Waals surface area contributed by atoms with Gasteiger partial charge in [-0.25, -0.2) is 4.98 Å². The molecule has 0 saturated heterocycles. The van der Waals surface area contributed by atoms with Crippen LogP contribution in [0.3, 0.4) is 0 Å². The van der Waals surface area contributed by atoms with Crippen LogP contribution in [0.25, 0.3) is 10.9 Å². The van der Waals surface area contributed by atoms with Gasteiger partial charge in [-0.1, -0.05) is 12.1 Å². The van der Waals surface area contributed by atoms with Crippen LogP contribution in [0.4, 0.5) is 5.95 Å².